The summed E-state index contributed by atoms with van der Waals surface area (Å²) in [5, 5.41) is 4.59. The fourth-order valence-corrected chi connectivity index (χ4v) is 2.50. The van der Waals surface area contributed by atoms with Crippen molar-refractivity contribution in [1.29, 1.82) is 0 Å². The summed E-state index contributed by atoms with van der Waals surface area (Å²) in [4.78, 5) is 3.20. The number of hydrogen-bond acceptors (Lipinski definition) is 1. The van der Waals surface area contributed by atoms with Gasteiger partial charge in [-0.05, 0) is 30.7 Å². The van der Waals surface area contributed by atoms with Crippen molar-refractivity contribution in [2.24, 2.45) is 0 Å². The van der Waals surface area contributed by atoms with Gasteiger partial charge in [-0.3, -0.25) is 0 Å². The Kier molecular flexibility index (Phi) is 3.52. The van der Waals surface area contributed by atoms with Crippen LogP contribution in [0.3, 0.4) is 0 Å². The molecule has 1 aromatic heterocycles. The third kappa shape index (κ3) is 2.45. The van der Waals surface area contributed by atoms with Crippen molar-refractivity contribution in [3.05, 3.63) is 71.7 Å². The maximum atomic E-state index is 13.7. The normalized spacial score (nSPS) is 12.7. The van der Waals surface area contributed by atoms with Gasteiger partial charge < -0.3 is 10.3 Å². The van der Waals surface area contributed by atoms with Crippen LogP contribution in [0.4, 0.5) is 4.39 Å². The largest absolute Gasteiger partial charge is 0.361 e. The molecule has 0 aliphatic heterocycles. The van der Waals surface area contributed by atoms with Gasteiger partial charge in [-0.25, -0.2) is 4.39 Å². The molecular weight excluding hydrogens is 251 g/mol. The second-order valence-corrected chi connectivity index (χ2v) is 4.98. The zero-order valence-electron chi connectivity index (χ0n) is 11.4. The lowest BCUT2D eigenvalue weighted by molar-refractivity contribution is 0.529. The molecule has 0 saturated heterocycles. The number of halogens is 1. The van der Waals surface area contributed by atoms with Crippen molar-refractivity contribution < 1.29 is 4.39 Å². The van der Waals surface area contributed by atoms with Crippen molar-refractivity contribution in [1.82, 2.24) is 10.3 Å². The number of rotatable bonds is 4. The Balaban J connectivity index is 1.76. The van der Waals surface area contributed by atoms with Crippen LogP contribution in [0.1, 0.15) is 24.1 Å². The fourth-order valence-electron chi connectivity index (χ4n) is 2.50. The molecule has 0 aliphatic rings. The first-order valence-electron chi connectivity index (χ1n) is 6.78. The monoisotopic (exact) mass is 268 g/mol. The number of benzene rings is 2. The van der Waals surface area contributed by atoms with E-state index < -0.39 is 0 Å². The van der Waals surface area contributed by atoms with E-state index in [-0.39, 0.29) is 11.9 Å². The van der Waals surface area contributed by atoms with Crippen molar-refractivity contribution in [3.63, 3.8) is 0 Å². The molecule has 3 heteroatoms. The minimum absolute atomic E-state index is 0.0228. The first-order valence-corrected chi connectivity index (χ1v) is 6.78. The summed E-state index contributed by atoms with van der Waals surface area (Å²) in [7, 11) is 0. The molecule has 1 heterocycles. The molecule has 0 aliphatic carbocycles. The molecule has 2 aromatic carbocycles. The lowest BCUT2D eigenvalue weighted by Crippen LogP contribution is -2.19. The second-order valence-electron chi connectivity index (χ2n) is 4.98. The zero-order valence-corrected chi connectivity index (χ0v) is 11.4. The van der Waals surface area contributed by atoms with Gasteiger partial charge in [0.1, 0.15) is 5.82 Å². The van der Waals surface area contributed by atoms with Gasteiger partial charge in [-0.15, -0.1) is 0 Å². The summed E-state index contributed by atoms with van der Waals surface area (Å²) < 4.78 is 13.7. The quantitative estimate of drug-likeness (QED) is 0.730. The van der Waals surface area contributed by atoms with Gasteiger partial charge >= 0.3 is 0 Å². The van der Waals surface area contributed by atoms with Gasteiger partial charge in [0.15, 0.2) is 0 Å². The highest BCUT2D eigenvalue weighted by Gasteiger charge is 2.10. The molecule has 2 N–H and O–H groups in total. The van der Waals surface area contributed by atoms with E-state index in [9.17, 15) is 4.39 Å². The maximum absolute atomic E-state index is 13.7. The van der Waals surface area contributed by atoms with E-state index in [1.54, 1.807) is 6.07 Å². The summed E-state index contributed by atoms with van der Waals surface area (Å²) in [6.07, 6.45) is 1.94. The minimum atomic E-state index is -0.160. The Morgan fingerprint density at radius 2 is 1.95 bits per heavy atom. The first kappa shape index (κ1) is 12.9. The van der Waals surface area contributed by atoms with Crippen LogP contribution in [-0.4, -0.2) is 4.98 Å². The third-order valence-electron chi connectivity index (χ3n) is 3.66. The molecule has 0 amide bonds. The highest BCUT2D eigenvalue weighted by Crippen LogP contribution is 2.20. The van der Waals surface area contributed by atoms with E-state index in [1.165, 1.54) is 17.0 Å². The van der Waals surface area contributed by atoms with E-state index >= 15 is 0 Å². The van der Waals surface area contributed by atoms with Crippen LogP contribution in [0.5, 0.6) is 0 Å². The molecule has 3 rings (SSSR count). The Labute approximate surface area is 117 Å². The van der Waals surface area contributed by atoms with Gasteiger partial charge in [0.25, 0.3) is 0 Å². The van der Waals surface area contributed by atoms with E-state index in [4.69, 9.17) is 0 Å². The molecule has 0 fully saturated rings. The number of fused-ring (bicyclic) bond motifs is 1. The van der Waals surface area contributed by atoms with Crippen molar-refractivity contribution in [3.8, 4) is 0 Å². The Morgan fingerprint density at radius 1 is 1.10 bits per heavy atom. The molecule has 0 spiro atoms. The number of aromatic amines is 1. The van der Waals surface area contributed by atoms with Gasteiger partial charge in [0.05, 0.1) is 0 Å². The van der Waals surface area contributed by atoms with Crippen molar-refractivity contribution in [2.75, 3.05) is 0 Å². The Bertz CT molecular complexity index is 718. The predicted molar refractivity (Wildman–Crippen MR) is 80.0 cm³/mol. The van der Waals surface area contributed by atoms with Crippen molar-refractivity contribution >= 4 is 10.9 Å². The third-order valence-corrected chi connectivity index (χ3v) is 3.66. The lowest BCUT2D eigenvalue weighted by atomic mass is 10.1. The summed E-state index contributed by atoms with van der Waals surface area (Å²) >= 11 is 0. The number of nitrogens with one attached hydrogen (secondary N) is 2. The highest BCUT2D eigenvalue weighted by atomic mass is 19.1. The zero-order chi connectivity index (χ0) is 13.9. The van der Waals surface area contributed by atoms with Crippen molar-refractivity contribution in [2.45, 2.75) is 19.5 Å². The van der Waals surface area contributed by atoms with E-state index in [0.29, 0.717) is 12.1 Å². The van der Waals surface area contributed by atoms with Crippen LogP contribution in [0.15, 0.2) is 54.7 Å². The molecule has 0 saturated carbocycles. The van der Waals surface area contributed by atoms with Gasteiger partial charge in [0.2, 0.25) is 0 Å². The van der Waals surface area contributed by atoms with Gasteiger partial charge in [-0.2, -0.15) is 0 Å². The molecule has 20 heavy (non-hydrogen) atoms. The molecule has 2 nitrogen and oxygen atoms in total. The van der Waals surface area contributed by atoms with Gasteiger partial charge in [-0.1, -0.05) is 30.3 Å². The topological polar surface area (TPSA) is 27.8 Å². The minimum Gasteiger partial charge on any atom is -0.361 e. The van der Waals surface area contributed by atoms with Crippen LogP contribution in [0.25, 0.3) is 10.9 Å². The smallest absolute Gasteiger partial charge is 0.127 e. The summed E-state index contributed by atoms with van der Waals surface area (Å²) in [5.41, 5.74) is 3.04. The maximum Gasteiger partial charge on any atom is 0.127 e. The van der Waals surface area contributed by atoms with Gasteiger partial charge in [0, 0.05) is 35.2 Å². The fraction of sp³-hybridized carbons (Fsp3) is 0.176. The number of H-pyrrole nitrogens is 1. The predicted octanol–water partition coefficient (Wildman–Crippen LogP) is 4.16. The molecule has 1 unspecified atom stereocenters. The Morgan fingerprint density at radius 3 is 2.80 bits per heavy atom. The van der Waals surface area contributed by atoms with Crippen LogP contribution in [-0.2, 0) is 6.54 Å². The Hall–Kier alpha value is -2.13. The molecule has 0 radical (unpaired) electrons. The summed E-state index contributed by atoms with van der Waals surface area (Å²) in [6.45, 7) is 2.69. The molecular formula is C17H17FN2. The number of aromatic nitrogens is 1. The van der Waals surface area contributed by atoms with E-state index in [2.05, 4.69) is 28.5 Å². The molecule has 102 valence electrons. The summed E-state index contributed by atoms with van der Waals surface area (Å²) in [6, 6.07) is 15.1. The standard InChI is InChI=1S/C17H17FN2/c1-12(14-6-2-3-7-16(14)18)20-11-13-5-4-8-17-15(13)9-10-19-17/h2-10,12,19-20H,11H2,1H3. The highest BCUT2D eigenvalue weighted by molar-refractivity contribution is 5.82. The van der Waals surface area contributed by atoms with Crippen LogP contribution in [0.2, 0.25) is 0 Å². The van der Waals surface area contributed by atoms with E-state index in [0.717, 1.165) is 5.52 Å². The first-order chi connectivity index (χ1) is 9.75. The van der Waals surface area contributed by atoms with Crippen LogP contribution < -0.4 is 5.32 Å². The molecule has 0 bridgehead atoms. The average Bonchev–Trinajstić information content (AvgIpc) is 2.94. The lowest BCUT2D eigenvalue weighted by Gasteiger charge is -2.15. The number of hydrogen-bond donors (Lipinski definition) is 2. The van der Waals surface area contributed by atoms with Crippen LogP contribution >= 0.6 is 0 Å². The molecule has 3 aromatic rings. The van der Waals surface area contributed by atoms with E-state index in [1.807, 2.05) is 31.3 Å². The SMILES string of the molecule is CC(NCc1cccc2[nH]ccc12)c1ccccc1F. The van der Waals surface area contributed by atoms with Crippen LogP contribution in [0, 0.1) is 5.82 Å². The summed E-state index contributed by atoms with van der Waals surface area (Å²) in [5.74, 6) is -0.160. The molecule has 1 atom stereocenters. The average molecular weight is 268 g/mol. The second kappa shape index (κ2) is 5.47.